The number of hydrogen-bond donors (Lipinski definition) is 0. The van der Waals surface area contributed by atoms with Crippen molar-refractivity contribution in [3.63, 3.8) is 0 Å². The van der Waals surface area contributed by atoms with Crippen LogP contribution in [0.1, 0.15) is 28.7 Å². The standard InChI is InChI=1S/C15H14Cl2FNO/c1-8-6-12(15(20)9(2)16)10(3)19(8)14-7-11(18)4-5-13(14)17/h4-7,9H,1-3H3. The first kappa shape index (κ1) is 15.1. The minimum Gasteiger partial charge on any atom is -0.316 e. The molecule has 0 bridgehead atoms. The first-order valence-electron chi connectivity index (χ1n) is 6.15. The molecule has 2 rings (SSSR count). The Morgan fingerprint density at radius 1 is 1.30 bits per heavy atom. The van der Waals surface area contributed by atoms with E-state index in [4.69, 9.17) is 23.2 Å². The van der Waals surface area contributed by atoms with Crippen LogP contribution in [0.4, 0.5) is 4.39 Å². The number of ketones is 1. The fourth-order valence-electron chi connectivity index (χ4n) is 2.25. The Hall–Kier alpha value is -1.32. The van der Waals surface area contributed by atoms with Crippen LogP contribution in [0.25, 0.3) is 5.69 Å². The van der Waals surface area contributed by atoms with Gasteiger partial charge in [0.25, 0.3) is 0 Å². The zero-order valence-electron chi connectivity index (χ0n) is 11.4. The molecule has 20 heavy (non-hydrogen) atoms. The molecule has 0 spiro atoms. The average molecular weight is 314 g/mol. The predicted molar refractivity (Wildman–Crippen MR) is 79.9 cm³/mol. The van der Waals surface area contributed by atoms with E-state index in [1.165, 1.54) is 18.2 Å². The lowest BCUT2D eigenvalue weighted by molar-refractivity contribution is 0.0991. The summed E-state index contributed by atoms with van der Waals surface area (Å²) < 4.78 is 15.2. The van der Waals surface area contributed by atoms with Crippen molar-refractivity contribution >= 4 is 29.0 Å². The van der Waals surface area contributed by atoms with Gasteiger partial charge < -0.3 is 4.57 Å². The molecule has 2 nitrogen and oxygen atoms in total. The molecule has 0 amide bonds. The van der Waals surface area contributed by atoms with Gasteiger partial charge in [-0.25, -0.2) is 4.39 Å². The highest BCUT2D eigenvalue weighted by molar-refractivity contribution is 6.34. The van der Waals surface area contributed by atoms with E-state index in [1.54, 1.807) is 24.5 Å². The van der Waals surface area contributed by atoms with Gasteiger partial charge in [-0.15, -0.1) is 11.6 Å². The van der Waals surface area contributed by atoms with Gasteiger partial charge in [0.1, 0.15) is 5.82 Å². The van der Waals surface area contributed by atoms with Gasteiger partial charge in [-0.2, -0.15) is 0 Å². The van der Waals surface area contributed by atoms with E-state index in [9.17, 15) is 9.18 Å². The number of hydrogen-bond acceptors (Lipinski definition) is 1. The van der Waals surface area contributed by atoms with Gasteiger partial charge in [0.15, 0.2) is 5.78 Å². The van der Waals surface area contributed by atoms with E-state index in [0.717, 1.165) is 5.69 Å². The van der Waals surface area contributed by atoms with Crippen molar-refractivity contribution in [1.82, 2.24) is 4.57 Å². The second-order valence-corrected chi connectivity index (χ2v) is 5.76. The largest absolute Gasteiger partial charge is 0.316 e. The number of benzene rings is 1. The molecular weight excluding hydrogens is 300 g/mol. The second kappa shape index (κ2) is 5.58. The third-order valence-corrected chi connectivity index (χ3v) is 3.72. The van der Waals surface area contributed by atoms with Crippen LogP contribution < -0.4 is 0 Å². The zero-order valence-corrected chi connectivity index (χ0v) is 12.9. The molecule has 5 heteroatoms. The number of carbonyl (C=O) groups is 1. The van der Waals surface area contributed by atoms with E-state index in [1.807, 2.05) is 6.92 Å². The smallest absolute Gasteiger partial charge is 0.182 e. The van der Waals surface area contributed by atoms with Crippen molar-refractivity contribution in [1.29, 1.82) is 0 Å². The number of nitrogens with zero attached hydrogens (tertiary/aromatic N) is 1. The van der Waals surface area contributed by atoms with Crippen LogP contribution in [-0.4, -0.2) is 15.7 Å². The molecule has 1 atom stereocenters. The van der Waals surface area contributed by atoms with Gasteiger partial charge in [-0.05, 0) is 45.0 Å². The molecule has 106 valence electrons. The Labute approximate surface area is 127 Å². The molecule has 2 aromatic rings. The first-order chi connectivity index (χ1) is 9.32. The fourth-order valence-corrected chi connectivity index (χ4v) is 2.57. The summed E-state index contributed by atoms with van der Waals surface area (Å²) in [5.74, 6) is -0.533. The maximum absolute atomic E-state index is 13.4. The average Bonchev–Trinajstić information content (AvgIpc) is 2.67. The van der Waals surface area contributed by atoms with E-state index < -0.39 is 5.38 Å². The Bertz CT molecular complexity index is 677. The number of halogens is 3. The van der Waals surface area contributed by atoms with Gasteiger partial charge >= 0.3 is 0 Å². The predicted octanol–water partition coefficient (Wildman–Crippen LogP) is 4.70. The van der Waals surface area contributed by atoms with E-state index >= 15 is 0 Å². The van der Waals surface area contributed by atoms with E-state index in [-0.39, 0.29) is 11.6 Å². The lowest BCUT2D eigenvalue weighted by Crippen LogP contribution is -2.11. The number of aromatic nitrogens is 1. The van der Waals surface area contributed by atoms with Gasteiger partial charge in [0, 0.05) is 17.0 Å². The number of alkyl halides is 1. The molecular formula is C15H14Cl2FNO. The van der Waals surface area contributed by atoms with Crippen molar-refractivity contribution in [3.8, 4) is 5.69 Å². The highest BCUT2D eigenvalue weighted by Gasteiger charge is 2.21. The van der Waals surface area contributed by atoms with Crippen LogP contribution in [0.2, 0.25) is 5.02 Å². The second-order valence-electron chi connectivity index (χ2n) is 4.70. The number of rotatable bonds is 3. The molecule has 0 radical (unpaired) electrons. The molecule has 0 aliphatic carbocycles. The zero-order chi connectivity index (χ0) is 15.0. The van der Waals surface area contributed by atoms with Crippen LogP contribution in [0, 0.1) is 19.7 Å². The molecule has 0 fully saturated rings. The topological polar surface area (TPSA) is 22.0 Å². The monoisotopic (exact) mass is 313 g/mol. The van der Waals surface area contributed by atoms with Crippen molar-refractivity contribution in [3.05, 3.63) is 52.1 Å². The molecule has 1 aromatic heterocycles. The Morgan fingerprint density at radius 3 is 2.55 bits per heavy atom. The van der Waals surface area contributed by atoms with Crippen LogP contribution in [-0.2, 0) is 0 Å². The maximum atomic E-state index is 13.4. The summed E-state index contributed by atoms with van der Waals surface area (Å²) in [6.45, 7) is 5.26. The van der Waals surface area contributed by atoms with E-state index in [0.29, 0.717) is 22.0 Å². The number of carbonyl (C=O) groups excluding carboxylic acids is 1. The third-order valence-electron chi connectivity index (χ3n) is 3.21. The Morgan fingerprint density at radius 2 is 1.95 bits per heavy atom. The van der Waals surface area contributed by atoms with Crippen molar-refractivity contribution < 1.29 is 9.18 Å². The highest BCUT2D eigenvalue weighted by Crippen LogP contribution is 2.28. The molecule has 0 aliphatic heterocycles. The quantitative estimate of drug-likeness (QED) is 0.595. The Balaban J connectivity index is 2.64. The molecule has 0 saturated heterocycles. The minimum atomic E-state index is -0.605. The molecule has 0 aliphatic rings. The van der Waals surface area contributed by atoms with Gasteiger partial charge in [0.2, 0.25) is 0 Å². The normalized spacial score (nSPS) is 12.5. The molecule has 1 heterocycles. The molecule has 0 saturated carbocycles. The van der Waals surface area contributed by atoms with Gasteiger partial charge in [-0.3, -0.25) is 4.79 Å². The lowest BCUT2D eigenvalue weighted by atomic mass is 10.1. The SMILES string of the molecule is Cc1cc(C(=O)C(C)Cl)c(C)n1-c1cc(F)ccc1Cl. The lowest BCUT2D eigenvalue weighted by Gasteiger charge is -2.12. The van der Waals surface area contributed by atoms with Crippen molar-refractivity contribution in [2.75, 3.05) is 0 Å². The molecule has 1 unspecified atom stereocenters. The summed E-state index contributed by atoms with van der Waals surface area (Å²) >= 11 is 12.0. The van der Waals surface area contributed by atoms with Gasteiger partial charge in [0.05, 0.1) is 16.1 Å². The van der Waals surface area contributed by atoms with Crippen molar-refractivity contribution in [2.24, 2.45) is 0 Å². The van der Waals surface area contributed by atoms with Crippen LogP contribution >= 0.6 is 23.2 Å². The fraction of sp³-hybridized carbons (Fsp3) is 0.267. The Kier molecular flexibility index (Phi) is 4.21. The number of aryl methyl sites for hydroxylation is 1. The van der Waals surface area contributed by atoms with Gasteiger partial charge in [-0.1, -0.05) is 11.6 Å². The summed E-state index contributed by atoms with van der Waals surface area (Å²) in [4.78, 5) is 12.1. The summed E-state index contributed by atoms with van der Waals surface area (Å²) in [6.07, 6.45) is 0. The summed E-state index contributed by atoms with van der Waals surface area (Å²) in [6, 6.07) is 5.89. The minimum absolute atomic E-state index is 0.154. The number of Topliss-reactive ketones (excluding diaryl/α,β-unsaturated/α-hetero) is 1. The molecule has 0 N–H and O–H groups in total. The van der Waals surface area contributed by atoms with E-state index in [2.05, 4.69) is 0 Å². The highest BCUT2D eigenvalue weighted by atomic mass is 35.5. The van der Waals surface area contributed by atoms with Crippen molar-refractivity contribution in [2.45, 2.75) is 26.1 Å². The van der Waals surface area contributed by atoms with Crippen LogP contribution in [0.3, 0.4) is 0 Å². The summed E-state index contributed by atoms with van der Waals surface area (Å²) in [5, 5.41) is -0.182. The maximum Gasteiger partial charge on any atom is 0.182 e. The van der Waals surface area contributed by atoms with Crippen LogP contribution in [0.15, 0.2) is 24.3 Å². The summed E-state index contributed by atoms with van der Waals surface area (Å²) in [7, 11) is 0. The third kappa shape index (κ3) is 2.60. The van der Waals surface area contributed by atoms with Crippen LogP contribution in [0.5, 0.6) is 0 Å². The molecule has 1 aromatic carbocycles. The first-order valence-corrected chi connectivity index (χ1v) is 6.97. The summed E-state index contributed by atoms with van der Waals surface area (Å²) in [5.41, 5.74) is 2.55.